The number of quaternary nitrogens is 1. The molecule has 0 bridgehead atoms. The van der Waals surface area contributed by atoms with Crippen molar-refractivity contribution in [2.45, 2.75) is 77.4 Å². The molecule has 1 saturated heterocycles. The van der Waals surface area contributed by atoms with Crippen molar-refractivity contribution >= 4 is 25.7 Å². The molecule has 3 unspecified atom stereocenters. The molecule has 3 amide bonds. The van der Waals surface area contributed by atoms with Gasteiger partial charge in [0, 0.05) is 12.8 Å². The number of carbonyl (C=O) groups is 3. The van der Waals surface area contributed by atoms with Gasteiger partial charge in [0.25, 0.3) is 0 Å². The van der Waals surface area contributed by atoms with Crippen LogP contribution in [-0.4, -0.2) is 57.1 Å². The molecule has 1 fully saturated rings. The lowest BCUT2D eigenvalue weighted by molar-refractivity contribution is -0.793. The Bertz CT molecular complexity index is 880. The second kappa shape index (κ2) is 11.7. The van der Waals surface area contributed by atoms with Gasteiger partial charge in [0.2, 0.25) is 0 Å². The van der Waals surface area contributed by atoms with E-state index in [0.29, 0.717) is 25.7 Å². The molecule has 1 aromatic rings. The van der Waals surface area contributed by atoms with Crippen LogP contribution in [0.15, 0.2) is 30.3 Å². The summed E-state index contributed by atoms with van der Waals surface area (Å²) in [5.74, 6) is -2.09. The van der Waals surface area contributed by atoms with E-state index < -0.39 is 48.1 Å². The molecule has 1 aromatic carbocycles. The maximum atomic E-state index is 13.1. The van der Waals surface area contributed by atoms with Crippen LogP contribution in [0.25, 0.3) is 0 Å². The molecular weight excluding hydrogens is 451 g/mol. The van der Waals surface area contributed by atoms with E-state index in [4.69, 9.17) is 9.26 Å². The molecule has 184 valence electrons. The van der Waals surface area contributed by atoms with Gasteiger partial charge in [0.05, 0.1) is 6.54 Å². The first-order valence-corrected chi connectivity index (χ1v) is 12.8. The van der Waals surface area contributed by atoms with Gasteiger partial charge in [0.1, 0.15) is 18.4 Å². The van der Waals surface area contributed by atoms with Crippen molar-refractivity contribution in [2.75, 3.05) is 6.54 Å². The Kier molecular flexibility index (Phi) is 9.60. The lowest BCUT2D eigenvalue weighted by Gasteiger charge is -2.33. The Morgan fingerprint density at radius 1 is 1.27 bits per heavy atom. The third-order valence-corrected chi connectivity index (χ3v) is 7.79. The van der Waals surface area contributed by atoms with Crippen LogP contribution in [0.4, 0.5) is 9.59 Å². The molecule has 1 heterocycles. The van der Waals surface area contributed by atoms with Gasteiger partial charge in [-0.05, 0) is 25.8 Å². The predicted octanol–water partition coefficient (Wildman–Crippen LogP) is 4.22. The molecule has 0 saturated carbocycles. The van der Waals surface area contributed by atoms with Crippen molar-refractivity contribution in [2.24, 2.45) is 0 Å². The molecule has 3 N–H and O–H groups in total. The zero-order chi connectivity index (χ0) is 24.6. The summed E-state index contributed by atoms with van der Waals surface area (Å²) < 4.78 is 22.6. The number of imide groups is 1. The summed E-state index contributed by atoms with van der Waals surface area (Å²) in [7, 11) is -4.55. The van der Waals surface area contributed by atoms with Crippen LogP contribution in [0.2, 0.25) is 0 Å². The lowest BCUT2D eigenvalue weighted by atomic mass is 10.2. The molecule has 33 heavy (non-hydrogen) atoms. The maximum Gasteiger partial charge on any atom is 0.521 e. The molecule has 1 aliphatic heterocycles. The second-order valence-corrected chi connectivity index (χ2v) is 10.3. The molecule has 1 aliphatic rings. The van der Waals surface area contributed by atoms with E-state index in [1.54, 1.807) is 31.2 Å². The summed E-state index contributed by atoms with van der Waals surface area (Å²) in [5, 5.41) is 12.1. The van der Waals surface area contributed by atoms with Gasteiger partial charge >= 0.3 is 25.7 Å². The molecule has 5 atom stereocenters. The van der Waals surface area contributed by atoms with E-state index in [0.717, 1.165) is 5.56 Å². The Morgan fingerprint density at radius 3 is 2.48 bits per heavy atom. The smallest absolute Gasteiger partial charge is 0.445 e. The van der Waals surface area contributed by atoms with Gasteiger partial charge in [-0.2, -0.15) is 9.28 Å². The number of rotatable bonds is 10. The third-order valence-electron chi connectivity index (χ3n) is 6.00. The van der Waals surface area contributed by atoms with Crippen molar-refractivity contribution in [3.8, 4) is 0 Å². The monoisotopic (exact) mass is 485 g/mol. The highest BCUT2D eigenvalue weighted by molar-refractivity contribution is 7.53. The van der Waals surface area contributed by atoms with Crippen LogP contribution in [0.5, 0.6) is 0 Å². The number of unbranched alkanes of at least 4 members (excludes halogenated alkanes) is 1. The van der Waals surface area contributed by atoms with Crippen LogP contribution >= 0.6 is 7.60 Å². The van der Waals surface area contributed by atoms with Gasteiger partial charge in [0.15, 0.2) is 6.10 Å². The number of hydrogen-bond donors (Lipinski definition) is 3. The molecule has 0 spiro atoms. The van der Waals surface area contributed by atoms with Crippen LogP contribution in [0.1, 0.15) is 58.4 Å². The van der Waals surface area contributed by atoms with Crippen molar-refractivity contribution in [1.82, 2.24) is 5.32 Å². The molecule has 10 nitrogen and oxygen atoms in total. The van der Waals surface area contributed by atoms with Gasteiger partial charge in [-0.25, -0.2) is 9.59 Å². The standard InChI is InChI=1S/C22H33N2O8P/c1-4-5-13-19(23-21(26)31-15-18-11-7-6-8-12-18)33(29,30)32-17(3)20(25)24(22(27)28)14-9-10-16(24)2/h6-8,11-12,16-17,19H,4-5,9-10,13-15H2,1-3H3,(H2-,23,26,27,28,29,30)/p+1/t16-,17?,19+,24?/m1/s1. The van der Waals surface area contributed by atoms with E-state index in [9.17, 15) is 28.9 Å². The Labute approximate surface area is 194 Å². The van der Waals surface area contributed by atoms with E-state index in [2.05, 4.69) is 5.32 Å². The highest BCUT2D eigenvalue weighted by Gasteiger charge is 2.55. The summed E-state index contributed by atoms with van der Waals surface area (Å²) in [5.41, 5.74) is 0.753. The molecule has 0 aromatic heterocycles. The number of alkyl carbamates (subject to hydrolysis) is 1. The number of benzene rings is 1. The average Bonchev–Trinajstić information content (AvgIpc) is 3.17. The van der Waals surface area contributed by atoms with E-state index in [1.807, 2.05) is 13.0 Å². The van der Waals surface area contributed by atoms with Gasteiger partial charge in [-0.3, -0.25) is 9.09 Å². The summed E-state index contributed by atoms with van der Waals surface area (Å²) >= 11 is 0. The fourth-order valence-corrected chi connectivity index (χ4v) is 5.54. The minimum Gasteiger partial charge on any atom is -0.445 e. The Balaban J connectivity index is 2.09. The quantitative estimate of drug-likeness (QED) is 0.331. The zero-order valence-corrected chi connectivity index (χ0v) is 20.2. The minimum absolute atomic E-state index is 0.0187. The molecule has 2 rings (SSSR count). The van der Waals surface area contributed by atoms with E-state index >= 15 is 0 Å². The number of likely N-dealkylation sites (tertiary alicyclic amines) is 1. The number of amides is 3. The number of nitrogens with one attached hydrogen (secondary N) is 1. The van der Waals surface area contributed by atoms with Crippen LogP contribution in [-0.2, 0) is 25.2 Å². The van der Waals surface area contributed by atoms with Crippen molar-refractivity contribution in [3.63, 3.8) is 0 Å². The zero-order valence-electron chi connectivity index (χ0n) is 19.3. The molecule has 0 radical (unpaired) electrons. The largest absolute Gasteiger partial charge is 0.521 e. The van der Waals surface area contributed by atoms with Gasteiger partial charge in [-0.1, -0.05) is 50.1 Å². The topological polar surface area (TPSA) is 139 Å². The normalized spacial score (nSPS) is 23.8. The number of carboxylic acid groups (broad SMARTS) is 1. The first-order chi connectivity index (χ1) is 15.5. The van der Waals surface area contributed by atoms with Crippen LogP contribution in [0, 0.1) is 0 Å². The number of hydrogen-bond acceptors (Lipinski definition) is 6. The number of ether oxygens (including phenoxy) is 1. The number of carbonyl (C=O) groups excluding carboxylic acids is 2. The lowest BCUT2D eigenvalue weighted by Crippen LogP contribution is -2.61. The van der Waals surface area contributed by atoms with E-state index in [1.165, 1.54) is 6.92 Å². The molecular formula is C22H34N2O8P+. The SMILES string of the molecule is CCCC[C@@H](NC(=O)OCc1ccccc1)P(=O)(O)OC(C)C(=O)[N+]1(C(=O)O)CCC[C@H]1C. The van der Waals surface area contributed by atoms with Crippen molar-refractivity contribution < 1.29 is 42.7 Å². The fraction of sp³-hybridized carbons (Fsp3) is 0.591. The van der Waals surface area contributed by atoms with Gasteiger partial charge in [-0.15, -0.1) is 0 Å². The highest BCUT2D eigenvalue weighted by Crippen LogP contribution is 2.50. The Hall–Kier alpha value is -2.26. The fourth-order valence-electron chi connectivity index (χ4n) is 4.07. The summed E-state index contributed by atoms with van der Waals surface area (Å²) in [4.78, 5) is 47.9. The van der Waals surface area contributed by atoms with Crippen molar-refractivity contribution in [3.05, 3.63) is 35.9 Å². The minimum atomic E-state index is -4.55. The first-order valence-electron chi connectivity index (χ1n) is 11.2. The van der Waals surface area contributed by atoms with Crippen molar-refractivity contribution in [1.29, 1.82) is 0 Å². The summed E-state index contributed by atoms with van der Waals surface area (Å²) in [6, 6.07) is 8.49. The first kappa shape index (κ1) is 27.0. The third kappa shape index (κ3) is 6.63. The summed E-state index contributed by atoms with van der Waals surface area (Å²) in [6.45, 7) is 4.90. The maximum absolute atomic E-state index is 13.1. The highest BCUT2D eigenvalue weighted by atomic mass is 31.2. The van der Waals surface area contributed by atoms with E-state index in [-0.39, 0.29) is 19.6 Å². The summed E-state index contributed by atoms with van der Waals surface area (Å²) in [6.07, 6.45) is -1.21. The predicted molar refractivity (Wildman–Crippen MR) is 120 cm³/mol. The molecule has 11 heteroatoms. The second-order valence-electron chi connectivity index (χ2n) is 8.38. The van der Waals surface area contributed by atoms with Crippen LogP contribution in [0.3, 0.4) is 0 Å². The van der Waals surface area contributed by atoms with Gasteiger partial charge < -0.3 is 20.1 Å². The van der Waals surface area contributed by atoms with Crippen LogP contribution < -0.4 is 5.32 Å². The average molecular weight is 485 g/mol. The Morgan fingerprint density at radius 2 is 1.94 bits per heavy atom. The number of nitrogens with zero attached hydrogens (tertiary/aromatic N) is 1. The molecule has 0 aliphatic carbocycles.